The minimum absolute atomic E-state index is 0.339. The number of allylic oxidation sites excluding steroid dienone is 1. The van der Waals surface area contributed by atoms with Crippen molar-refractivity contribution in [2.45, 2.75) is 12.8 Å². The molecule has 1 heterocycles. The summed E-state index contributed by atoms with van der Waals surface area (Å²) in [6.07, 6.45) is 5.86. The van der Waals surface area contributed by atoms with E-state index >= 15 is 0 Å². The maximum absolute atomic E-state index is 11.1. The van der Waals surface area contributed by atoms with Crippen molar-refractivity contribution in [2.24, 2.45) is 5.73 Å². The molecule has 4 N–H and O–H groups in total. The van der Waals surface area contributed by atoms with Crippen molar-refractivity contribution in [3.05, 3.63) is 44.9 Å². The fourth-order valence-corrected chi connectivity index (χ4v) is 0.958. The van der Waals surface area contributed by atoms with E-state index in [0.717, 1.165) is 0 Å². The highest BCUT2D eigenvalue weighted by atomic mass is 16.2. The Morgan fingerprint density at radius 1 is 1.46 bits per heavy atom. The van der Waals surface area contributed by atoms with Crippen molar-refractivity contribution in [1.29, 1.82) is 0 Å². The third kappa shape index (κ3) is 2.62. The summed E-state index contributed by atoms with van der Waals surface area (Å²) in [4.78, 5) is 26.3. The van der Waals surface area contributed by atoms with Crippen LogP contribution in [0.3, 0.4) is 0 Å². The Morgan fingerprint density at radius 3 is 2.85 bits per heavy atom. The van der Waals surface area contributed by atoms with Gasteiger partial charge in [0, 0.05) is 11.8 Å². The Morgan fingerprint density at radius 2 is 2.23 bits per heavy atom. The molecule has 0 aliphatic rings. The van der Waals surface area contributed by atoms with Gasteiger partial charge in [-0.3, -0.25) is 9.78 Å². The van der Waals surface area contributed by atoms with Crippen LogP contribution in [0.25, 0.3) is 0 Å². The lowest BCUT2D eigenvalue weighted by Crippen LogP contribution is -2.24. The highest BCUT2D eigenvalue weighted by Gasteiger charge is 1.97. The van der Waals surface area contributed by atoms with Crippen LogP contribution in [0.2, 0.25) is 0 Å². The zero-order valence-electron chi connectivity index (χ0n) is 7.04. The average Bonchev–Trinajstić information content (AvgIpc) is 2.09. The molecule has 1 rings (SSSR count). The van der Waals surface area contributed by atoms with E-state index in [4.69, 9.17) is 5.73 Å². The fraction of sp³-hybridized carbons (Fsp3) is 0.250. The summed E-state index contributed by atoms with van der Waals surface area (Å²) in [5, 5.41) is 0. The van der Waals surface area contributed by atoms with Gasteiger partial charge < -0.3 is 10.7 Å². The quantitative estimate of drug-likeness (QED) is 0.585. The summed E-state index contributed by atoms with van der Waals surface area (Å²) in [6, 6.07) is 0. The van der Waals surface area contributed by atoms with E-state index in [1.54, 1.807) is 6.08 Å². The van der Waals surface area contributed by atoms with E-state index in [1.807, 2.05) is 0 Å². The summed E-state index contributed by atoms with van der Waals surface area (Å²) in [5.74, 6) is 0. The molecule has 0 atom stereocenters. The minimum atomic E-state index is -0.483. The van der Waals surface area contributed by atoms with Crippen molar-refractivity contribution >= 4 is 0 Å². The second-order valence-corrected chi connectivity index (χ2v) is 2.56. The average molecular weight is 181 g/mol. The molecular formula is C8H11N3O2. The van der Waals surface area contributed by atoms with Crippen molar-refractivity contribution in [2.75, 3.05) is 0 Å². The number of nitrogens with one attached hydrogen (secondary N) is 2. The summed E-state index contributed by atoms with van der Waals surface area (Å²) < 4.78 is 0. The van der Waals surface area contributed by atoms with Gasteiger partial charge in [0.15, 0.2) is 0 Å². The number of aryl methyl sites for hydroxylation is 1. The van der Waals surface area contributed by atoms with Crippen LogP contribution < -0.4 is 17.0 Å². The Balaban J connectivity index is 2.78. The molecule has 0 spiro atoms. The Bertz CT molecular complexity index is 402. The highest BCUT2D eigenvalue weighted by molar-refractivity contribution is 5.04. The van der Waals surface area contributed by atoms with Crippen LogP contribution in [-0.4, -0.2) is 9.97 Å². The monoisotopic (exact) mass is 181 g/mol. The molecule has 70 valence electrons. The normalized spacial score (nSPS) is 10.8. The lowest BCUT2D eigenvalue weighted by molar-refractivity contribution is 0.914. The van der Waals surface area contributed by atoms with Crippen LogP contribution in [0.1, 0.15) is 12.0 Å². The summed E-state index contributed by atoms with van der Waals surface area (Å²) in [7, 11) is 0. The van der Waals surface area contributed by atoms with Gasteiger partial charge in [0.05, 0.1) is 0 Å². The molecule has 0 unspecified atom stereocenters. The molecule has 0 amide bonds. The van der Waals surface area contributed by atoms with E-state index in [2.05, 4.69) is 9.97 Å². The minimum Gasteiger partial charge on any atom is -0.405 e. The number of hydrogen-bond donors (Lipinski definition) is 3. The predicted molar refractivity (Wildman–Crippen MR) is 49.3 cm³/mol. The van der Waals surface area contributed by atoms with Gasteiger partial charge in [-0.25, -0.2) is 4.79 Å². The van der Waals surface area contributed by atoms with Crippen LogP contribution in [-0.2, 0) is 6.42 Å². The third-order valence-corrected chi connectivity index (χ3v) is 1.61. The Hall–Kier alpha value is -1.78. The van der Waals surface area contributed by atoms with Crippen molar-refractivity contribution in [1.82, 2.24) is 9.97 Å². The number of rotatable bonds is 3. The van der Waals surface area contributed by atoms with Gasteiger partial charge >= 0.3 is 5.69 Å². The molecule has 0 aliphatic heterocycles. The van der Waals surface area contributed by atoms with Gasteiger partial charge in [0.2, 0.25) is 0 Å². The van der Waals surface area contributed by atoms with Gasteiger partial charge in [-0.15, -0.1) is 0 Å². The van der Waals surface area contributed by atoms with E-state index < -0.39 is 5.69 Å². The number of aromatic nitrogens is 2. The molecular weight excluding hydrogens is 170 g/mol. The maximum atomic E-state index is 11.1. The van der Waals surface area contributed by atoms with Gasteiger partial charge in [0.1, 0.15) is 0 Å². The molecule has 0 aromatic carbocycles. The molecule has 0 bridgehead atoms. The molecule has 5 heteroatoms. The molecule has 0 aliphatic carbocycles. The zero-order chi connectivity index (χ0) is 9.68. The molecule has 13 heavy (non-hydrogen) atoms. The second-order valence-electron chi connectivity index (χ2n) is 2.56. The van der Waals surface area contributed by atoms with Gasteiger partial charge in [-0.2, -0.15) is 0 Å². The lowest BCUT2D eigenvalue weighted by Gasteiger charge is -1.94. The first-order valence-electron chi connectivity index (χ1n) is 3.91. The predicted octanol–water partition coefficient (Wildman–Crippen LogP) is -0.532. The van der Waals surface area contributed by atoms with Crippen molar-refractivity contribution < 1.29 is 0 Å². The van der Waals surface area contributed by atoms with E-state index in [-0.39, 0.29) is 5.56 Å². The molecule has 0 saturated heterocycles. The zero-order valence-corrected chi connectivity index (χ0v) is 7.04. The molecule has 0 fully saturated rings. The van der Waals surface area contributed by atoms with Crippen molar-refractivity contribution in [3.63, 3.8) is 0 Å². The van der Waals surface area contributed by atoms with Gasteiger partial charge in [-0.05, 0) is 19.0 Å². The summed E-state index contributed by atoms with van der Waals surface area (Å²) in [5.41, 5.74) is 4.86. The van der Waals surface area contributed by atoms with E-state index in [1.165, 1.54) is 12.4 Å². The van der Waals surface area contributed by atoms with Crippen LogP contribution in [0.15, 0.2) is 28.1 Å². The molecule has 5 nitrogen and oxygen atoms in total. The topological polar surface area (TPSA) is 91.7 Å². The smallest absolute Gasteiger partial charge is 0.325 e. The SMILES string of the molecule is NC=CCCc1c[nH]c(=O)[nH]c1=O. The fourth-order valence-electron chi connectivity index (χ4n) is 0.958. The second kappa shape index (κ2) is 4.30. The molecule has 1 aromatic rings. The van der Waals surface area contributed by atoms with E-state index in [0.29, 0.717) is 18.4 Å². The first kappa shape index (κ1) is 9.31. The summed E-state index contributed by atoms with van der Waals surface area (Å²) >= 11 is 0. The Kier molecular flexibility index (Phi) is 3.08. The van der Waals surface area contributed by atoms with Crippen LogP contribution in [0, 0.1) is 0 Å². The maximum Gasteiger partial charge on any atom is 0.325 e. The Labute approximate surface area is 74.3 Å². The number of aromatic amines is 2. The van der Waals surface area contributed by atoms with Crippen LogP contribution >= 0.6 is 0 Å². The molecule has 0 radical (unpaired) electrons. The van der Waals surface area contributed by atoms with Gasteiger partial charge in [0.25, 0.3) is 5.56 Å². The van der Waals surface area contributed by atoms with Crippen molar-refractivity contribution in [3.8, 4) is 0 Å². The van der Waals surface area contributed by atoms with E-state index in [9.17, 15) is 9.59 Å². The standard InChI is InChI=1S/C8H11N3O2/c9-4-2-1-3-6-5-10-8(13)11-7(6)12/h2,4-5H,1,3,9H2,(H2,10,11,12,13). The van der Waals surface area contributed by atoms with Crippen LogP contribution in [0.4, 0.5) is 0 Å². The first-order chi connectivity index (χ1) is 6.24. The van der Waals surface area contributed by atoms with Crippen LogP contribution in [0.5, 0.6) is 0 Å². The number of H-pyrrole nitrogens is 2. The van der Waals surface area contributed by atoms with Gasteiger partial charge in [-0.1, -0.05) is 6.08 Å². The lowest BCUT2D eigenvalue weighted by atomic mass is 10.2. The number of hydrogen-bond acceptors (Lipinski definition) is 3. The largest absolute Gasteiger partial charge is 0.405 e. The summed E-state index contributed by atoms with van der Waals surface area (Å²) in [6.45, 7) is 0. The third-order valence-electron chi connectivity index (χ3n) is 1.61. The highest BCUT2D eigenvalue weighted by Crippen LogP contribution is 1.92. The molecule has 1 aromatic heterocycles. The first-order valence-corrected chi connectivity index (χ1v) is 3.91. The number of nitrogens with two attached hydrogens (primary N) is 1. The molecule has 0 saturated carbocycles.